The summed E-state index contributed by atoms with van der Waals surface area (Å²) in [6.07, 6.45) is 0.944. The van der Waals surface area contributed by atoms with Crippen molar-refractivity contribution in [1.29, 1.82) is 0 Å². The predicted octanol–water partition coefficient (Wildman–Crippen LogP) is 2.71. The number of hydrogen-bond acceptors (Lipinski definition) is 5. The lowest BCUT2D eigenvalue weighted by molar-refractivity contribution is -0.129. The molecule has 1 aromatic heterocycles. The number of carbonyl (C=O) groups excluding carboxylic acids is 1. The van der Waals surface area contributed by atoms with E-state index in [0.29, 0.717) is 10.9 Å². The van der Waals surface area contributed by atoms with Gasteiger partial charge in [0, 0.05) is 13.1 Å². The van der Waals surface area contributed by atoms with Gasteiger partial charge in [-0.25, -0.2) is 4.98 Å². The molecule has 110 valence electrons. The molecular weight excluding hydrogens is 302 g/mol. The molecule has 0 fully saturated rings. The fraction of sp³-hybridized carbons (Fsp3) is 0.333. The third kappa shape index (κ3) is 3.22. The second-order valence-electron chi connectivity index (χ2n) is 5.05. The van der Waals surface area contributed by atoms with E-state index in [1.54, 1.807) is 0 Å². The molecule has 1 aliphatic heterocycles. The summed E-state index contributed by atoms with van der Waals surface area (Å²) in [5.41, 5.74) is 9.22. The Morgan fingerprint density at radius 3 is 2.90 bits per heavy atom. The maximum Gasteiger partial charge on any atom is 0.233 e. The fourth-order valence-corrected chi connectivity index (χ4v) is 4.39. The number of thioether (sulfide) groups is 1. The van der Waals surface area contributed by atoms with Gasteiger partial charge in [-0.3, -0.25) is 4.79 Å². The number of thiazole rings is 1. The first kappa shape index (κ1) is 14.4. The molecule has 0 radical (unpaired) electrons. The SMILES string of the molecule is Cc1nc(N)sc1SCC(=O)N1CCc2ccccc2C1. The summed E-state index contributed by atoms with van der Waals surface area (Å²) in [5.74, 6) is 0.630. The van der Waals surface area contributed by atoms with Crippen molar-refractivity contribution in [3.05, 3.63) is 41.1 Å². The number of nitrogens with two attached hydrogens (primary N) is 1. The number of hydrogen-bond donors (Lipinski definition) is 1. The molecule has 0 saturated carbocycles. The van der Waals surface area contributed by atoms with E-state index in [4.69, 9.17) is 5.73 Å². The third-order valence-corrected chi connectivity index (χ3v) is 5.91. The minimum Gasteiger partial charge on any atom is -0.375 e. The first-order chi connectivity index (χ1) is 10.1. The quantitative estimate of drug-likeness (QED) is 0.884. The zero-order chi connectivity index (χ0) is 14.8. The fourth-order valence-electron chi connectivity index (χ4n) is 2.46. The molecular formula is C15H17N3OS2. The average Bonchev–Trinajstić information content (AvgIpc) is 2.82. The molecule has 0 saturated heterocycles. The van der Waals surface area contributed by atoms with Gasteiger partial charge >= 0.3 is 0 Å². The van der Waals surface area contributed by atoms with Crippen LogP contribution in [-0.2, 0) is 17.8 Å². The topological polar surface area (TPSA) is 59.2 Å². The van der Waals surface area contributed by atoms with Crippen molar-refractivity contribution >= 4 is 34.1 Å². The lowest BCUT2D eigenvalue weighted by Crippen LogP contribution is -2.37. The average molecular weight is 319 g/mol. The van der Waals surface area contributed by atoms with Gasteiger partial charge in [-0.2, -0.15) is 0 Å². The number of anilines is 1. The van der Waals surface area contributed by atoms with Crippen LogP contribution in [0.2, 0.25) is 0 Å². The van der Waals surface area contributed by atoms with Crippen molar-refractivity contribution in [3.8, 4) is 0 Å². The summed E-state index contributed by atoms with van der Waals surface area (Å²) in [5, 5.41) is 0.564. The Balaban J connectivity index is 1.61. The number of benzene rings is 1. The molecule has 0 atom stereocenters. The number of nitrogen functional groups attached to an aromatic ring is 1. The highest BCUT2D eigenvalue weighted by Crippen LogP contribution is 2.31. The zero-order valence-corrected chi connectivity index (χ0v) is 13.5. The van der Waals surface area contributed by atoms with Crippen molar-refractivity contribution in [2.45, 2.75) is 24.1 Å². The van der Waals surface area contributed by atoms with Gasteiger partial charge in [0.2, 0.25) is 5.91 Å². The van der Waals surface area contributed by atoms with Crippen LogP contribution in [-0.4, -0.2) is 28.1 Å². The van der Waals surface area contributed by atoms with E-state index in [2.05, 4.69) is 23.2 Å². The molecule has 0 bridgehead atoms. The largest absolute Gasteiger partial charge is 0.375 e. The normalized spacial score (nSPS) is 14.0. The Labute approximate surface area is 132 Å². The Bertz CT molecular complexity index is 669. The number of aryl methyl sites for hydroxylation is 1. The summed E-state index contributed by atoms with van der Waals surface area (Å²) in [6, 6.07) is 8.35. The van der Waals surface area contributed by atoms with Crippen molar-refractivity contribution in [3.63, 3.8) is 0 Å². The first-order valence-corrected chi connectivity index (χ1v) is 8.64. The molecule has 2 aromatic rings. The number of aromatic nitrogens is 1. The van der Waals surface area contributed by atoms with Crippen molar-refractivity contribution in [2.24, 2.45) is 0 Å². The maximum absolute atomic E-state index is 12.4. The van der Waals surface area contributed by atoms with Crippen molar-refractivity contribution < 1.29 is 4.79 Å². The summed E-state index contributed by atoms with van der Waals surface area (Å²) < 4.78 is 1.04. The van der Waals surface area contributed by atoms with E-state index in [1.165, 1.54) is 34.2 Å². The molecule has 4 nitrogen and oxygen atoms in total. The standard InChI is InChI=1S/C15H17N3OS2/c1-10-14(21-15(16)17-10)20-9-13(19)18-7-6-11-4-2-3-5-12(11)8-18/h2-5H,6-9H2,1H3,(H2,16,17). The Morgan fingerprint density at radius 1 is 1.43 bits per heavy atom. The molecule has 1 aromatic carbocycles. The Kier molecular flexibility index (Phi) is 4.17. The van der Waals surface area contributed by atoms with E-state index in [-0.39, 0.29) is 5.91 Å². The van der Waals surface area contributed by atoms with E-state index < -0.39 is 0 Å². The minimum atomic E-state index is 0.181. The van der Waals surface area contributed by atoms with Gasteiger partial charge in [0.05, 0.1) is 15.7 Å². The van der Waals surface area contributed by atoms with Crippen LogP contribution in [0.15, 0.2) is 28.5 Å². The molecule has 6 heteroatoms. The van der Waals surface area contributed by atoms with E-state index in [0.717, 1.165) is 29.4 Å². The minimum absolute atomic E-state index is 0.181. The van der Waals surface area contributed by atoms with Crippen LogP contribution in [0.1, 0.15) is 16.8 Å². The zero-order valence-electron chi connectivity index (χ0n) is 11.8. The molecule has 2 N–H and O–H groups in total. The van der Waals surface area contributed by atoms with Gasteiger partial charge < -0.3 is 10.6 Å². The number of fused-ring (bicyclic) bond motifs is 1. The molecule has 1 amide bonds. The third-order valence-electron chi connectivity index (χ3n) is 3.58. The summed E-state index contributed by atoms with van der Waals surface area (Å²) in [7, 11) is 0. The highest BCUT2D eigenvalue weighted by atomic mass is 32.2. The van der Waals surface area contributed by atoms with Crippen LogP contribution in [0.3, 0.4) is 0 Å². The predicted molar refractivity (Wildman–Crippen MR) is 87.6 cm³/mol. The molecule has 2 heterocycles. The first-order valence-electron chi connectivity index (χ1n) is 6.84. The monoisotopic (exact) mass is 319 g/mol. The molecule has 0 unspecified atom stereocenters. The number of carbonyl (C=O) groups is 1. The van der Waals surface area contributed by atoms with Crippen LogP contribution in [0.4, 0.5) is 5.13 Å². The second-order valence-corrected chi connectivity index (χ2v) is 7.32. The highest BCUT2D eigenvalue weighted by Gasteiger charge is 2.20. The molecule has 0 aliphatic carbocycles. The van der Waals surface area contributed by atoms with Gasteiger partial charge in [-0.05, 0) is 24.5 Å². The molecule has 21 heavy (non-hydrogen) atoms. The smallest absolute Gasteiger partial charge is 0.233 e. The van der Waals surface area contributed by atoms with E-state index in [1.807, 2.05) is 17.9 Å². The van der Waals surface area contributed by atoms with Crippen molar-refractivity contribution in [1.82, 2.24) is 9.88 Å². The summed E-state index contributed by atoms with van der Waals surface area (Å²) in [6.45, 7) is 3.45. The van der Waals surface area contributed by atoms with Crippen LogP contribution >= 0.6 is 23.1 Å². The van der Waals surface area contributed by atoms with Gasteiger partial charge in [-0.15, -0.1) is 11.8 Å². The van der Waals surface area contributed by atoms with Gasteiger partial charge in [0.25, 0.3) is 0 Å². The Morgan fingerprint density at radius 2 is 2.19 bits per heavy atom. The summed E-state index contributed by atoms with van der Waals surface area (Å²) in [4.78, 5) is 18.5. The van der Waals surface area contributed by atoms with Gasteiger partial charge in [-0.1, -0.05) is 35.6 Å². The number of rotatable bonds is 3. The van der Waals surface area contributed by atoms with Crippen LogP contribution in [0.25, 0.3) is 0 Å². The van der Waals surface area contributed by atoms with Gasteiger partial charge in [0.15, 0.2) is 5.13 Å². The summed E-state index contributed by atoms with van der Waals surface area (Å²) >= 11 is 2.99. The van der Waals surface area contributed by atoms with E-state index in [9.17, 15) is 4.79 Å². The molecule has 0 spiro atoms. The van der Waals surface area contributed by atoms with Crippen LogP contribution in [0, 0.1) is 6.92 Å². The van der Waals surface area contributed by atoms with Crippen molar-refractivity contribution in [2.75, 3.05) is 18.0 Å². The van der Waals surface area contributed by atoms with Crippen LogP contribution < -0.4 is 5.73 Å². The number of amides is 1. The molecule has 1 aliphatic rings. The van der Waals surface area contributed by atoms with E-state index >= 15 is 0 Å². The number of nitrogens with zero attached hydrogens (tertiary/aromatic N) is 2. The lowest BCUT2D eigenvalue weighted by Gasteiger charge is -2.28. The second kappa shape index (κ2) is 6.07. The Hall–Kier alpha value is -1.53. The van der Waals surface area contributed by atoms with Gasteiger partial charge in [0.1, 0.15) is 0 Å². The highest BCUT2D eigenvalue weighted by molar-refractivity contribution is 8.01. The lowest BCUT2D eigenvalue weighted by atomic mass is 10.00. The maximum atomic E-state index is 12.4. The molecule has 3 rings (SSSR count). The van der Waals surface area contributed by atoms with Crippen LogP contribution in [0.5, 0.6) is 0 Å².